The summed E-state index contributed by atoms with van der Waals surface area (Å²) < 4.78 is 5.28. The first-order valence-electron chi connectivity index (χ1n) is 5.82. The van der Waals surface area contributed by atoms with E-state index in [1.807, 2.05) is 19.1 Å². The molecule has 0 spiro atoms. The molecule has 19 heavy (non-hydrogen) atoms. The molecule has 0 amide bonds. The largest absolute Gasteiger partial charge is 0.423 e. The fraction of sp³-hybridized carbons (Fsp3) is 0.0714. The first-order chi connectivity index (χ1) is 9.22. The van der Waals surface area contributed by atoms with Gasteiger partial charge < -0.3 is 4.74 Å². The van der Waals surface area contributed by atoms with E-state index in [4.69, 9.17) is 4.74 Å². The summed E-state index contributed by atoms with van der Waals surface area (Å²) in [6.07, 6.45) is 0. The molecule has 0 aliphatic carbocycles. The normalized spacial score (nSPS) is 10.6. The first-order valence-corrected chi connectivity index (χ1v) is 5.82. The van der Waals surface area contributed by atoms with Crippen molar-refractivity contribution < 1.29 is 9.53 Å². The van der Waals surface area contributed by atoms with Gasteiger partial charge in [-0.3, -0.25) is 0 Å². The van der Waals surface area contributed by atoms with Crippen LogP contribution in [-0.2, 0) is 0 Å². The third-order valence-corrected chi connectivity index (χ3v) is 2.78. The van der Waals surface area contributed by atoms with Gasteiger partial charge in [0.1, 0.15) is 16.8 Å². The van der Waals surface area contributed by atoms with Crippen LogP contribution in [-0.4, -0.2) is 21.4 Å². The van der Waals surface area contributed by atoms with Gasteiger partial charge in [0, 0.05) is 0 Å². The highest BCUT2D eigenvalue weighted by Crippen LogP contribution is 2.16. The number of nitrogens with zero attached hydrogens (tertiary/aromatic N) is 2. The van der Waals surface area contributed by atoms with Crippen LogP contribution in [0.1, 0.15) is 15.9 Å². The minimum atomic E-state index is -0.409. The van der Waals surface area contributed by atoms with Crippen LogP contribution < -0.4 is 4.74 Å². The average Bonchev–Trinajstić information content (AvgIpc) is 2.88. The standard InChI is InChI=1S/C14H11N3O2/c1-9-2-5-11(6-3-9)19-14(18)10-4-7-12-13(8-10)16-17-15-12/h2-8H,1H3,(H,15,16,17). The van der Waals surface area contributed by atoms with E-state index in [9.17, 15) is 4.79 Å². The maximum Gasteiger partial charge on any atom is 0.343 e. The predicted octanol–water partition coefficient (Wildman–Crippen LogP) is 2.49. The molecule has 1 N–H and O–H groups in total. The summed E-state index contributed by atoms with van der Waals surface area (Å²) in [6.45, 7) is 1.98. The number of fused-ring (bicyclic) bond motifs is 1. The Kier molecular flexibility index (Phi) is 2.72. The number of rotatable bonds is 2. The molecule has 2 aromatic carbocycles. The van der Waals surface area contributed by atoms with Crippen molar-refractivity contribution in [3.05, 3.63) is 53.6 Å². The number of H-pyrrole nitrogens is 1. The summed E-state index contributed by atoms with van der Waals surface area (Å²) in [5.41, 5.74) is 2.91. The third-order valence-electron chi connectivity index (χ3n) is 2.78. The zero-order valence-corrected chi connectivity index (χ0v) is 10.3. The van der Waals surface area contributed by atoms with Crippen molar-refractivity contribution in [2.45, 2.75) is 6.92 Å². The molecule has 0 saturated carbocycles. The molecular formula is C14H11N3O2. The lowest BCUT2D eigenvalue weighted by Crippen LogP contribution is -2.08. The van der Waals surface area contributed by atoms with Gasteiger partial charge in [0.05, 0.1) is 5.56 Å². The Labute approximate surface area is 109 Å². The molecule has 0 aliphatic heterocycles. The van der Waals surface area contributed by atoms with Crippen LogP contribution in [0.15, 0.2) is 42.5 Å². The number of carbonyl (C=O) groups excluding carboxylic acids is 1. The highest BCUT2D eigenvalue weighted by atomic mass is 16.5. The van der Waals surface area contributed by atoms with Crippen molar-refractivity contribution in [1.82, 2.24) is 15.4 Å². The Hall–Kier alpha value is -2.69. The van der Waals surface area contributed by atoms with Gasteiger partial charge in [0.15, 0.2) is 0 Å². The molecule has 5 nitrogen and oxygen atoms in total. The zero-order chi connectivity index (χ0) is 13.2. The maximum atomic E-state index is 12.0. The fourth-order valence-electron chi connectivity index (χ4n) is 1.74. The van der Waals surface area contributed by atoms with Crippen LogP contribution in [0.25, 0.3) is 11.0 Å². The van der Waals surface area contributed by atoms with E-state index in [0.717, 1.165) is 5.56 Å². The maximum absolute atomic E-state index is 12.0. The SMILES string of the molecule is Cc1ccc(OC(=O)c2ccc3n[nH]nc3c2)cc1. The van der Waals surface area contributed by atoms with Crippen LogP contribution in [0.3, 0.4) is 0 Å². The van der Waals surface area contributed by atoms with Gasteiger partial charge in [-0.15, -0.1) is 0 Å². The molecule has 94 valence electrons. The van der Waals surface area contributed by atoms with Crippen LogP contribution in [0.4, 0.5) is 0 Å². The zero-order valence-electron chi connectivity index (χ0n) is 10.3. The Bertz CT molecular complexity index is 732. The van der Waals surface area contributed by atoms with E-state index in [1.165, 1.54) is 0 Å². The summed E-state index contributed by atoms with van der Waals surface area (Å²) in [5.74, 6) is 0.115. The average molecular weight is 253 g/mol. The van der Waals surface area contributed by atoms with E-state index < -0.39 is 5.97 Å². The van der Waals surface area contributed by atoms with E-state index in [1.54, 1.807) is 30.3 Å². The summed E-state index contributed by atoms with van der Waals surface area (Å²) in [7, 11) is 0. The molecule has 0 radical (unpaired) electrons. The lowest BCUT2D eigenvalue weighted by molar-refractivity contribution is 0.0735. The molecule has 0 saturated heterocycles. The van der Waals surface area contributed by atoms with Crippen molar-refractivity contribution in [3.8, 4) is 5.75 Å². The minimum absolute atomic E-state index is 0.409. The summed E-state index contributed by atoms with van der Waals surface area (Å²) in [5, 5.41) is 10.4. The molecule has 1 heterocycles. The van der Waals surface area contributed by atoms with Crippen LogP contribution >= 0.6 is 0 Å². The summed E-state index contributed by atoms with van der Waals surface area (Å²) >= 11 is 0. The highest BCUT2D eigenvalue weighted by molar-refractivity contribution is 5.94. The number of carbonyl (C=O) groups is 1. The first kappa shape index (κ1) is 11.4. The van der Waals surface area contributed by atoms with E-state index in [0.29, 0.717) is 22.3 Å². The third kappa shape index (κ3) is 2.30. The molecule has 0 fully saturated rings. The minimum Gasteiger partial charge on any atom is -0.423 e. The summed E-state index contributed by atoms with van der Waals surface area (Å²) in [6, 6.07) is 12.4. The number of benzene rings is 2. The van der Waals surface area contributed by atoms with Gasteiger partial charge in [-0.05, 0) is 37.3 Å². The number of nitrogens with one attached hydrogen (secondary N) is 1. The number of aryl methyl sites for hydroxylation is 1. The van der Waals surface area contributed by atoms with Crippen molar-refractivity contribution >= 4 is 17.0 Å². The van der Waals surface area contributed by atoms with Gasteiger partial charge in [0.25, 0.3) is 0 Å². The van der Waals surface area contributed by atoms with Gasteiger partial charge in [-0.1, -0.05) is 17.7 Å². The second kappa shape index (κ2) is 4.53. The number of esters is 1. The highest BCUT2D eigenvalue weighted by Gasteiger charge is 2.10. The van der Waals surface area contributed by atoms with Crippen LogP contribution in [0, 0.1) is 6.92 Å². The Morgan fingerprint density at radius 2 is 1.79 bits per heavy atom. The predicted molar refractivity (Wildman–Crippen MR) is 70.0 cm³/mol. The number of ether oxygens (including phenoxy) is 1. The molecular weight excluding hydrogens is 242 g/mol. The lowest BCUT2D eigenvalue weighted by Gasteiger charge is -2.04. The number of hydrogen-bond acceptors (Lipinski definition) is 4. The Morgan fingerprint density at radius 3 is 2.58 bits per heavy atom. The fourth-order valence-corrected chi connectivity index (χ4v) is 1.74. The van der Waals surface area contributed by atoms with Gasteiger partial charge in [-0.2, -0.15) is 15.4 Å². The second-order valence-electron chi connectivity index (χ2n) is 4.23. The second-order valence-corrected chi connectivity index (χ2v) is 4.23. The van der Waals surface area contributed by atoms with Gasteiger partial charge in [0.2, 0.25) is 0 Å². The van der Waals surface area contributed by atoms with Crippen LogP contribution in [0.5, 0.6) is 5.75 Å². The molecule has 0 atom stereocenters. The van der Waals surface area contributed by atoms with E-state index in [-0.39, 0.29) is 0 Å². The number of aromatic amines is 1. The summed E-state index contributed by atoms with van der Waals surface area (Å²) in [4.78, 5) is 12.0. The molecule has 0 aliphatic rings. The molecule has 0 unspecified atom stereocenters. The van der Waals surface area contributed by atoms with Crippen molar-refractivity contribution in [2.75, 3.05) is 0 Å². The van der Waals surface area contributed by atoms with Gasteiger partial charge >= 0.3 is 5.97 Å². The van der Waals surface area contributed by atoms with Gasteiger partial charge in [-0.25, -0.2) is 4.79 Å². The molecule has 1 aromatic heterocycles. The van der Waals surface area contributed by atoms with E-state index >= 15 is 0 Å². The topological polar surface area (TPSA) is 67.9 Å². The molecule has 5 heteroatoms. The molecule has 3 rings (SSSR count). The van der Waals surface area contributed by atoms with Crippen molar-refractivity contribution in [2.24, 2.45) is 0 Å². The Morgan fingerprint density at radius 1 is 1.05 bits per heavy atom. The Balaban J connectivity index is 1.84. The molecule has 0 bridgehead atoms. The van der Waals surface area contributed by atoms with E-state index in [2.05, 4.69) is 15.4 Å². The molecule has 3 aromatic rings. The lowest BCUT2D eigenvalue weighted by atomic mass is 10.2. The quantitative estimate of drug-likeness (QED) is 0.562. The number of aromatic nitrogens is 3. The monoisotopic (exact) mass is 253 g/mol. The van der Waals surface area contributed by atoms with Crippen molar-refractivity contribution in [1.29, 1.82) is 0 Å². The smallest absolute Gasteiger partial charge is 0.343 e. The number of hydrogen-bond donors (Lipinski definition) is 1. The van der Waals surface area contributed by atoms with Crippen LogP contribution in [0.2, 0.25) is 0 Å². The van der Waals surface area contributed by atoms with Crippen molar-refractivity contribution in [3.63, 3.8) is 0 Å².